The van der Waals surface area contributed by atoms with Crippen molar-refractivity contribution >= 4 is 76.5 Å². The highest BCUT2D eigenvalue weighted by Gasteiger charge is 2.24. The van der Waals surface area contributed by atoms with Gasteiger partial charge in [-0.15, -0.1) is 0 Å². The van der Waals surface area contributed by atoms with Gasteiger partial charge in [-0.25, -0.2) is 4.98 Å². The highest BCUT2D eigenvalue weighted by Crippen LogP contribution is 2.48. The molecule has 9 aromatic carbocycles. The molecular weight excluding hydrogens is 685 g/mol. The molecule has 3 aromatic heterocycles. The summed E-state index contributed by atoms with van der Waals surface area (Å²) in [4.78, 5) is 10.6. The minimum atomic E-state index is 0.804. The minimum Gasteiger partial charge on any atom is -0.455 e. The van der Waals surface area contributed by atoms with E-state index in [9.17, 15) is 0 Å². The van der Waals surface area contributed by atoms with Crippen LogP contribution in [0.1, 0.15) is 0 Å². The number of benzene rings is 9. The summed E-state index contributed by atoms with van der Waals surface area (Å²) in [6.45, 7) is 0. The molecule has 12 aromatic rings. The third kappa shape index (κ3) is 4.47. The van der Waals surface area contributed by atoms with Crippen molar-refractivity contribution in [2.24, 2.45) is 0 Å². The summed E-state index contributed by atoms with van der Waals surface area (Å²) in [5, 5.41) is 8.89. The largest absolute Gasteiger partial charge is 0.455 e. The summed E-state index contributed by atoms with van der Waals surface area (Å²) in [6, 6.07) is 61.6. The average molecular weight is 715 g/mol. The first-order valence-corrected chi connectivity index (χ1v) is 18.9. The van der Waals surface area contributed by atoms with Gasteiger partial charge in [0.05, 0.1) is 22.9 Å². The highest BCUT2D eigenvalue weighted by atomic mass is 16.3. The van der Waals surface area contributed by atoms with Gasteiger partial charge in [-0.05, 0) is 45.2 Å². The fourth-order valence-corrected chi connectivity index (χ4v) is 8.89. The lowest BCUT2D eigenvalue weighted by molar-refractivity contribution is 0.670. The number of fused-ring (bicyclic) bond motifs is 12. The first kappa shape index (κ1) is 30.9. The lowest BCUT2D eigenvalue weighted by Crippen LogP contribution is -1.96. The van der Waals surface area contributed by atoms with Crippen LogP contribution in [0.4, 0.5) is 0 Å². The monoisotopic (exact) mass is 714 g/mol. The zero-order valence-corrected chi connectivity index (χ0v) is 30.0. The third-order valence-corrected chi connectivity index (χ3v) is 11.4. The maximum atomic E-state index is 6.68. The number of furan rings is 2. The molecule has 0 aliphatic carbocycles. The Hall–Kier alpha value is -7.56. The fourth-order valence-electron chi connectivity index (χ4n) is 8.89. The van der Waals surface area contributed by atoms with Crippen molar-refractivity contribution in [2.45, 2.75) is 0 Å². The van der Waals surface area contributed by atoms with E-state index in [2.05, 4.69) is 152 Å². The SMILES string of the molecule is c1ccc(-c2c(-c3cccc4c3oc3ccccc34)cccc2-c2cccc3c2oc2ccccc23)c(-c2cnc3c4ccccc4c4ccccc4c3n2)c1. The standard InChI is InChI=1S/C52H30N2O2/c1-5-20-39-31(14-1)32-15-2-6-21-40(32)50-49(39)53-30-45(54-50)33-16-3-4-19-36(33)48-37(43-26-12-24-41-34-17-7-9-28-46(34)55-51(41)43)22-11-23-38(48)44-27-13-25-42-35-18-8-10-29-47(35)56-52(42)44/h1-30H. The second-order valence-electron chi connectivity index (χ2n) is 14.4. The number of rotatable bonds is 4. The molecule has 4 heteroatoms. The van der Waals surface area contributed by atoms with Gasteiger partial charge in [-0.2, -0.15) is 0 Å². The van der Waals surface area contributed by atoms with Crippen LogP contribution in [0.3, 0.4) is 0 Å². The zero-order valence-electron chi connectivity index (χ0n) is 30.0. The van der Waals surface area contributed by atoms with Gasteiger partial charge in [-0.1, -0.05) is 164 Å². The number of para-hydroxylation sites is 4. The predicted molar refractivity (Wildman–Crippen MR) is 231 cm³/mol. The fraction of sp³-hybridized carbons (Fsp3) is 0. The molecule has 0 saturated carbocycles. The zero-order chi connectivity index (χ0) is 36.7. The van der Waals surface area contributed by atoms with Crippen molar-refractivity contribution in [3.05, 3.63) is 182 Å². The normalized spacial score (nSPS) is 11.9. The number of aromatic nitrogens is 2. The molecule has 0 unspecified atom stereocenters. The molecule has 0 spiro atoms. The molecule has 0 radical (unpaired) electrons. The summed E-state index contributed by atoms with van der Waals surface area (Å²) >= 11 is 0. The van der Waals surface area contributed by atoms with E-state index in [4.69, 9.17) is 18.8 Å². The first-order chi connectivity index (χ1) is 27.8. The van der Waals surface area contributed by atoms with Crippen LogP contribution in [0.25, 0.3) is 121 Å². The smallest absolute Gasteiger partial charge is 0.143 e. The minimum absolute atomic E-state index is 0.804. The number of nitrogens with zero attached hydrogens (tertiary/aromatic N) is 2. The molecule has 0 fully saturated rings. The Kier molecular flexibility index (Phi) is 6.60. The van der Waals surface area contributed by atoms with Crippen LogP contribution in [-0.2, 0) is 0 Å². The topological polar surface area (TPSA) is 52.1 Å². The molecule has 260 valence electrons. The Labute approximate surface area is 320 Å². The molecule has 0 aliphatic rings. The molecule has 0 bridgehead atoms. The Balaban J connectivity index is 1.18. The maximum Gasteiger partial charge on any atom is 0.143 e. The average Bonchev–Trinajstić information content (AvgIpc) is 3.85. The van der Waals surface area contributed by atoms with Gasteiger partial charge in [0.1, 0.15) is 22.3 Å². The van der Waals surface area contributed by atoms with E-state index in [0.717, 1.165) is 110 Å². The van der Waals surface area contributed by atoms with Gasteiger partial charge in [-0.3, -0.25) is 4.98 Å². The van der Waals surface area contributed by atoms with Crippen LogP contribution < -0.4 is 0 Å². The third-order valence-electron chi connectivity index (χ3n) is 11.4. The summed E-state index contributed by atoms with van der Waals surface area (Å²) in [6.07, 6.45) is 1.94. The summed E-state index contributed by atoms with van der Waals surface area (Å²) < 4.78 is 13.4. The van der Waals surface area contributed by atoms with Crippen molar-refractivity contribution < 1.29 is 8.83 Å². The predicted octanol–water partition coefficient (Wildman–Crippen LogP) is 14.4. The van der Waals surface area contributed by atoms with E-state index >= 15 is 0 Å². The second kappa shape index (κ2) is 12.0. The van der Waals surface area contributed by atoms with Gasteiger partial charge in [0.15, 0.2) is 0 Å². The van der Waals surface area contributed by atoms with E-state index in [0.29, 0.717) is 0 Å². The van der Waals surface area contributed by atoms with Crippen LogP contribution in [-0.4, -0.2) is 9.97 Å². The molecule has 0 atom stereocenters. The lowest BCUT2D eigenvalue weighted by atomic mass is 9.84. The van der Waals surface area contributed by atoms with E-state index in [1.165, 1.54) is 10.8 Å². The van der Waals surface area contributed by atoms with Gasteiger partial charge >= 0.3 is 0 Å². The van der Waals surface area contributed by atoms with Crippen LogP contribution in [0.5, 0.6) is 0 Å². The van der Waals surface area contributed by atoms with Crippen molar-refractivity contribution in [1.82, 2.24) is 9.97 Å². The van der Waals surface area contributed by atoms with E-state index in [1.54, 1.807) is 0 Å². The lowest BCUT2D eigenvalue weighted by Gasteiger charge is -2.19. The summed E-state index contributed by atoms with van der Waals surface area (Å²) in [7, 11) is 0. The van der Waals surface area contributed by atoms with Crippen molar-refractivity contribution in [3.63, 3.8) is 0 Å². The molecule has 0 saturated heterocycles. The van der Waals surface area contributed by atoms with E-state index in [-0.39, 0.29) is 0 Å². The molecule has 0 N–H and O–H groups in total. The Morgan fingerprint density at radius 1 is 0.304 bits per heavy atom. The molecule has 12 rings (SSSR count). The first-order valence-electron chi connectivity index (χ1n) is 18.9. The molecule has 3 heterocycles. The van der Waals surface area contributed by atoms with Crippen molar-refractivity contribution in [2.75, 3.05) is 0 Å². The van der Waals surface area contributed by atoms with Gasteiger partial charge < -0.3 is 8.83 Å². The van der Waals surface area contributed by atoms with Gasteiger partial charge in [0.2, 0.25) is 0 Å². The number of hydrogen-bond acceptors (Lipinski definition) is 4. The highest BCUT2D eigenvalue weighted by molar-refractivity contribution is 6.23. The van der Waals surface area contributed by atoms with Crippen LogP contribution >= 0.6 is 0 Å². The van der Waals surface area contributed by atoms with Crippen LogP contribution in [0.15, 0.2) is 191 Å². The molecular formula is C52H30N2O2. The molecule has 0 aliphatic heterocycles. The van der Waals surface area contributed by atoms with Crippen LogP contribution in [0, 0.1) is 0 Å². The number of hydrogen-bond donors (Lipinski definition) is 0. The Morgan fingerprint density at radius 2 is 0.714 bits per heavy atom. The van der Waals surface area contributed by atoms with Gasteiger partial charge in [0, 0.05) is 49.0 Å². The van der Waals surface area contributed by atoms with Crippen LogP contribution in [0.2, 0.25) is 0 Å². The summed E-state index contributed by atoms with van der Waals surface area (Å²) in [5.41, 5.74) is 13.3. The van der Waals surface area contributed by atoms with Crippen molar-refractivity contribution in [3.8, 4) is 44.6 Å². The molecule has 0 amide bonds. The molecule has 4 nitrogen and oxygen atoms in total. The van der Waals surface area contributed by atoms with Gasteiger partial charge in [0.25, 0.3) is 0 Å². The quantitative estimate of drug-likeness (QED) is 0.170. The van der Waals surface area contributed by atoms with Crippen molar-refractivity contribution in [1.29, 1.82) is 0 Å². The Morgan fingerprint density at radius 3 is 1.30 bits per heavy atom. The maximum absolute atomic E-state index is 6.68. The Bertz CT molecular complexity index is 3390. The van der Waals surface area contributed by atoms with E-state index < -0.39 is 0 Å². The van der Waals surface area contributed by atoms with E-state index in [1.807, 2.05) is 30.5 Å². The summed E-state index contributed by atoms with van der Waals surface area (Å²) in [5.74, 6) is 0. The second-order valence-corrected chi connectivity index (χ2v) is 14.4. The molecule has 56 heavy (non-hydrogen) atoms.